The molecule has 0 aromatic rings. The van der Waals surface area contributed by atoms with Gasteiger partial charge in [-0.3, -0.25) is 8.42 Å². The first-order chi connectivity index (χ1) is 4.64. The maximum Gasteiger partial charge on any atom is 2.00 e. The van der Waals surface area contributed by atoms with Crippen LogP contribution in [0.1, 0.15) is 6.92 Å². The smallest absolute Gasteiger partial charge is 0.759 e. The van der Waals surface area contributed by atoms with Crippen molar-refractivity contribution in [2.24, 2.45) is 0 Å². The summed E-state index contributed by atoms with van der Waals surface area (Å²) in [5.74, 6) is -1.44. The Balaban J connectivity index is -0.0000000546. The van der Waals surface area contributed by atoms with Crippen molar-refractivity contribution in [2.45, 2.75) is 13.0 Å². The third kappa shape index (κ3) is 62.3. The summed E-state index contributed by atoms with van der Waals surface area (Å²) in [5.41, 5.74) is 0. The van der Waals surface area contributed by atoms with Crippen LogP contribution in [-0.4, -0.2) is 57.8 Å². The minimum absolute atomic E-state index is 0. The van der Waals surface area contributed by atoms with Crippen LogP contribution < -0.4 is 34.7 Å². The topological polar surface area (TPSA) is 141 Å². The Labute approximate surface area is 114 Å². The molecule has 0 aliphatic heterocycles. The summed E-state index contributed by atoms with van der Waals surface area (Å²) >= 11 is 0. The molecule has 0 amide bonds. The number of hydrogen-bond acceptors (Lipinski definition) is 7. The van der Waals surface area contributed by atoms with Gasteiger partial charge in [0.15, 0.2) is 0 Å². The molecule has 0 saturated carbocycles. The van der Waals surface area contributed by atoms with E-state index in [4.69, 9.17) is 22.6 Å². The molecule has 0 spiro atoms. The van der Waals surface area contributed by atoms with Gasteiger partial charge in [0, 0.05) is 10.4 Å². The summed E-state index contributed by atoms with van der Waals surface area (Å²) in [5, 5.41) is 17.3. The summed E-state index contributed by atoms with van der Waals surface area (Å²) in [6.45, 7) is 1.13. The Morgan fingerprint density at radius 2 is 1.46 bits per heavy atom. The largest absolute Gasteiger partial charge is 2.00 e. The fourth-order valence-electron chi connectivity index (χ4n) is 0. The number of aliphatic carboxylic acids is 1. The molecule has 0 aliphatic rings. The zero-order valence-corrected chi connectivity index (χ0v) is 11.3. The zero-order valence-electron chi connectivity index (χ0n) is 7.09. The van der Waals surface area contributed by atoms with E-state index in [1.807, 2.05) is 0 Å². The molecule has 7 nitrogen and oxygen atoms in total. The van der Waals surface area contributed by atoms with Crippen molar-refractivity contribution in [3.8, 4) is 0 Å². The zero-order chi connectivity index (χ0) is 9.65. The van der Waals surface area contributed by atoms with Gasteiger partial charge in [-0.1, -0.05) is 0 Å². The molecule has 10 heteroatoms. The third-order valence-corrected chi connectivity index (χ3v) is 0.341. The Kier molecular flexibility index (Phi) is 20.3. The molecule has 0 radical (unpaired) electrons. The Morgan fingerprint density at radius 1 is 1.38 bits per heavy atom. The van der Waals surface area contributed by atoms with E-state index in [0.717, 1.165) is 6.92 Å². The van der Waals surface area contributed by atoms with E-state index in [1.54, 1.807) is 0 Å². The Bertz CT molecular complexity index is 204. The Hall–Kier alpha value is 1.07. The summed E-state index contributed by atoms with van der Waals surface area (Å²) in [4.78, 5) is 9.34. The van der Waals surface area contributed by atoms with E-state index in [9.17, 15) is 9.90 Å². The van der Waals surface area contributed by atoms with Crippen molar-refractivity contribution < 1.29 is 62.1 Å². The van der Waals surface area contributed by atoms with E-state index < -0.39 is 22.5 Å². The molecule has 13 heavy (non-hydrogen) atoms. The Morgan fingerprint density at radius 3 is 1.46 bits per heavy atom. The normalized spacial score (nSPS) is 10.8. The molecule has 1 atom stereocenters. The summed E-state index contributed by atoms with van der Waals surface area (Å²) in [6, 6.07) is 0. The first kappa shape index (κ1) is 23.7. The average molecular weight is 232 g/mol. The molecule has 0 aromatic heterocycles. The first-order valence-corrected chi connectivity index (χ1v) is 3.53. The van der Waals surface area contributed by atoms with Crippen molar-refractivity contribution in [3.05, 3.63) is 0 Å². The van der Waals surface area contributed by atoms with Crippen LogP contribution in [0.3, 0.4) is 0 Å². The van der Waals surface area contributed by atoms with Crippen molar-refractivity contribution in [3.63, 3.8) is 0 Å². The van der Waals surface area contributed by atoms with Crippen molar-refractivity contribution >= 4 is 39.4 Å². The predicted molar refractivity (Wildman–Crippen MR) is 32.9 cm³/mol. The second-order valence-electron chi connectivity index (χ2n) is 1.40. The standard InChI is InChI=1S/C3H6O3.Mg.Na.H2O4S/c1-2(4)3(5)6;;;1-5(2,3)4/h2,4H,1H3,(H,5,6);;;(H2,1,2,3,4)/q;+2;+1;/p-3. The molecule has 0 saturated heterocycles. The van der Waals surface area contributed by atoms with E-state index >= 15 is 0 Å². The van der Waals surface area contributed by atoms with Crippen LogP contribution in [0.15, 0.2) is 0 Å². The van der Waals surface area contributed by atoms with Gasteiger partial charge in [0.2, 0.25) is 0 Å². The quantitative estimate of drug-likeness (QED) is 0.269. The maximum atomic E-state index is 9.34. The summed E-state index contributed by atoms with van der Waals surface area (Å²) in [6.07, 6.45) is -1.34. The second kappa shape index (κ2) is 11.1. The molecule has 1 N–H and O–H groups in total. The van der Waals surface area contributed by atoms with E-state index in [-0.39, 0.29) is 52.6 Å². The van der Waals surface area contributed by atoms with Crippen LogP contribution in [0.2, 0.25) is 0 Å². The maximum absolute atomic E-state index is 9.34. The second-order valence-corrected chi connectivity index (χ2v) is 2.22. The minimum atomic E-state index is -5.17. The SMILES string of the molecule is CC(O)C(=O)[O-].O=S(=O)([O-])[O-].[Mg+2].[Na+]. The number of aliphatic hydroxyl groups excluding tert-OH is 1. The number of rotatable bonds is 1. The van der Waals surface area contributed by atoms with Gasteiger partial charge in [0.25, 0.3) is 0 Å². The van der Waals surface area contributed by atoms with E-state index in [1.165, 1.54) is 0 Å². The minimum Gasteiger partial charge on any atom is -0.759 e. The fourth-order valence-corrected chi connectivity index (χ4v) is 0. The van der Waals surface area contributed by atoms with Crippen molar-refractivity contribution in [2.75, 3.05) is 0 Å². The van der Waals surface area contributed by atoms with E-state index in [0.29, 0.717) is 0 Å². The number of carbonyl (C=O) groups excluding carboxylic acids is 1. The fraction of sp³-hybridized carbons (Fsp3) is 0.667. The summed E-state index contributed by atoms with van der Waals surface area (Å²) < 4.78 is 34.1. The van der Waals surface area contributed by atoms with Gasteiger partial charge in [-0.2, -0.15) is 0 Å². The van der Waals surface area contributed by atoms with Crippen LogP contribution in [0.5, 0.6) is 0 Å². The van der Waals surface area contributed by atoms with Gasteiger partial charge in [0.05, 0.1) is 12.1 Å². The molecule has 0 rings (SSSR count). The van der Waals surface area contributed by atoms with Gasteiger partial charge in [-0.05, 0) is 6.92 Å². The molecular weight excluding hydrogens is 227 g/mol. The summed E-state index contributed by atoms with van der Waals surface area (Å²) in [7, 11) is -5.17. The van der Waals surface area contributed by atoms with Gasteiger partial charge in [-0.25, -0.2) is 0 Å². The number of hydrogen-bond donors (Lipinski definition) is 1. The van der Waals surface area contributed by atoms with Gasteiger partial charge in [-0.15, -0.1) is 0 Å². The van der Waals surface area contributed by atoms with Crippen molar-refractivity contribution in [1.29, 1.82) is 0 Å². The van der Waals surface area contributed by atoms with Crippen LogP contribution in [0.25, 0.3) is 0 Å². The van der Waals surface area contributed by atoms with E-state index in [2.05, 4.69) is 0 Å². The molecule has 68 valence electrons. The van der Waals surface area contributed by atoms with Gasteiger partial charge < -0.3 is 24.1 Å². The number of carboxylic acids is 1. The van der Waals surface area contributed by atoms with Gasteiger partial charge in [0.1, 0.15) is 0 Å². The third-order valence-electron chi connectivity index (χ3n) is 0.341. The number of carboxylic acid groups (broad SMARTS) is 1. The molecule has 0 heterocycles. The van der Waals surface area contributed by atoms with Crippen LogP contribution in [0.4, 0.5) is 0 Å². The molecule has 0 aliphatic carbocycles. The first-order valence-electron chi connectivity index (χ1n) is 2.20. The van der Waals surface area contributed by atoms with Crippen LogP contribution in [0, 0.1) is 0 Å². The van der Waals surface area contributed by atoms with Crippen LogP contribution >= 0.6 is 0 Å². The molecule has 0 aromatic carbocycles. The number of aliphatic hydroxyl groups is 1. The molecular formula is C3H5MgNaO7S. The molecule has 0 bridgehead atoms. The van der Waals surface area contributed by atoms with Gasteiger partial charge >= 0.3 is 52.6 Å². The monoisotopic (exact) mass is 232 g/mol. The number of carbonyl (C=O) groups is 1. The molecule has 1 unspecified atom stereocenters. The van der Waals surface area contributed by atoms with Crippen molar-refractivity contribution in [1.82, 2.24) is 0 Å². The van der Waals surface area contributed by atoms with Crippen LogP contribution in [-0.2, 0) is 15.2 Å². The average Bonchev–Trinajstić information content (AvgIpc) is 1.59. The predicted octanol–water partition coefficient (Wildman–Crippen LogP) is -6.60. The molecule has 0 fully saturated rings.